The Morgan fingerprint density at radius 3 is 2.37 bits per heavy atom. The van der Waals surface area contributed by atoms with Gasteiger partial charge in [-0.25, -0.2) is 0 Å². The van der Waals surface area contributed by atoms with E-state index in [2.05, 4.69) is 17.3 Å². The van der Waals surface area contributed by atoms with Crippen molar-refractivity contribution in [2.75, 3.05) is 25.5 Å². The fourth-order valence-corrected chi connectivity index (χ4v) is 3.19. The third-order valence-corrected chi connectivity index (χ3v) is 4.83. The Bertz CT molecular complexity index is 856. The van der Waals surface area contributed by atoms with Crippen molar-refractivity contribution in [3.05, 3.63) is 69.8 Å². The number of nitro benzene ring substituents is 1. The second-order valence-electron chi connectivity index (χ2n) is 6.78. The van der Waals surface area contributed by atoms with Gasteiger partial charge >= 0.3 is 0 Å². The molecule has 1 aliphatic rings. The number of ketones is 1. The summed E-state index contributed by atoms with van der Waals surface area (Å²) >= 11 is 0. The number of carbonyl (C=O) groups excluding carboxylic acids is 2. The molecule has 1 saturated heterocycles. The Morgan fingerprint density at radius 2 is 1.74 bits per heavy atom. The third-order valence-electron chi connectivity index (χ3n) is 4.83. The van der Waals surface area contributed by atoms with Crippen LogP contribution in [0.2, 0.25) is 0 Å². The van der Waals surface area contributed by atoms with Crippen LogP contribution in [0.25, 0.3) is 0 Å². The lowest BCUT2D eigenvalue weighted by Gasteiger charge is -2.28. The zero-order valence-electron chi connectivity index (χ0n) is 15.1. The number of rotatable bonds is 5. The van der Waals surface area contributed by atoms with Gasteiger partial charge in [0.15, 0.2) is 5.78 Å². The van der Waals surface area contributed by atoms with Crippen molar-refractivity contribution in [3.63, 3.8) is 0 Å². The molecule has 3 rings (SSSR count). The molecule has 1 amide bonds. The minimum Gasteiger partial charge on any atom is -0.322 e. The number of non-ortho nitro benzene ring substituents is 1. The molecule has 2 aromatic rings. The first-order valence-corrected chi connectivity index (χ1v) is 8.82. The smallest absolute Gasteiger partial charge is 0.269 e. The summed E-state index contributed by atoms with van der Waals surface area (Å²) in [4.78, 5) is 37.5. The Morgan fingerprint density at radius 1 is 1.07 bits per heavy atom. The van der Waals surface area contributed by atoms with Crippen LogP contribution in [0.5, 0.6) is 0 Å². The predicted octanol–water partition coefficient (Wildman–Crippen LogP) is 3.37. The van der Waals surface area contributed by atoms with Crippen LogP contribution in [0.4, 0.5) is 11.4 Å². The molecule has 140 valence electrons. The summed E-state index contributed by atoms with van der Waals surface area (Å²) in [5.74, 6) is -0.259. The Kier molecular flexibility index (Phi) is 5.61. The highest BCUT2D eigenvalue weighted by Gasteiger charge is 2.24. The molecule has 7 nitrogen and oxygen atoms in total. The van der Waals surface area contributed by atoms with E-state index in [1.54, 1.807) is 24.3 Å². The molecule has 1 N–H and O–H groups in total. The van der Waals surface area contributed by atoms with E-state index in [4.69, 9.17) is 0 Å². The number of carbonyl (C=O) groups is 2. The molecule has 0 unspecified atom stereocenters. The lowest BCUT2D eigenvalue weighted by Crippen LogP contribution is -2.33. The SMILES string of the molecule is CN1CCC(C(=O)c2cccc(NC(=O)c3ccc([N+](=O)[O-])cc3)c2)CC1. The molecule has 2 aromatic carbocycles. The Labute approximate surface area is 157 Å². The number of benzene rings is 2. The van der Waals surface area contributed by atoms with Gasteiger partial charge in [-0.15, -0.1) is 0 Å². The van der Waals surface area contributed by atoms with Gasteiger partial charge in [0.1, 0.15) is 0 Å². The number of nitrogens with one attached hydrogen (secondary N) is 1. The second-order valence-corrected chi connectivity index (χ2v) is 6.78. The molecule has 1 aliphatic heterocycles. The van der Waals surface area contributed by atoms with Crippen LogP contribution in [0, 0.1) is 16.0 Å². The number of likely N-dealkylation sites (tertiary alicyclic amines) is 1. The summed E-state index contributed by atoms with van der Waals surface area (Å²) < 4.78 is 0. The van der Waals surface area contributed by atoms with E-state index in [0.717, 1.165) is 25.9 Å². The molecule has 1 fully saturated rings. The van der Waals surface area contributed by atoms with Gasteiger partial charge in [-0.05, 0) is 57.2 Å². The first-order valence-electron chi connectivity index (χ1n) is 8.82. The quantitative estimate of drug-likeness (QED) is 0.497. The standard InChI is InChI=1S/C20H21N3O4/c1-22-11-9-14(10-12-22)19(24)16-3-2-4-17(13-16)21-20(25)15-5-7-18(8-6-15)23(26)27/h2-8,13-14H,9-12H2,1H3,(H,21,25). The molecular weight excluding hydrogens is 346 g/mol. The lowest BCUT2D eigenvalue weighted by molar-refractivity contribution is -0.384. The molecule has 0 bridgehead atoms. The van der Waals surface area contributed by atoms with E-state index in [-0.39, 0.29) is 23.3 Å². The average Bonchev–Trinajstić information content (AvgIpc) is 2.68. The number of amides is 1. The van der Waals surface area contributed by atoms with Crippen molar-refractivity contribution in [1.29, 1.82) is 0 Å². The van der Waals surface area contributed by atoms with Crippen LogP contribution in [-0.2, 0) is 0 Å². The highest BCUT2D eigenvalue weighted by atomic mass is 16.6. The minimum atomic E-state index is -0.514. The van der Waals surface area contributed by atoms with E-state index < -0.39 is 4.92 Å². The Balaban J connectivity index is 1.69. The molecule has 0 aromatic heterocycles. The maximum atomic E-state index is 12.7. The molecule has 7 heteroatoms. The normalized spacial score (nSPS) is 15.3. The third kappa shape index (κ3) is 4.57. The van der Waals surface area contributed by atoms with Gasteiger partial charge in [-0.3, -0.25) is 19.7 Å². The first-order chi connectivity index (χ1) is 12.9. The summed E-state index contributed by atoms with van der Waals surface area (Å²) in [6.07, 6.45) is 1.68. The number of piperidine rings is 1. The van der Waals surface area contributed by atoms with Crippen molar-refractivity contribution in [2.24, 2.45) is 5.92 Å². The van der Waals surface area contributed by atoms with Crippen LogP contribution in [0.1, 0.15) is 33.6 Å². The summed E-state index contributed by atoms with van der Waals surface area (Å²) in [6, 6.07) is 12.3. The molecule has 0 saturated carbocycles. The number of Topliss-reactive ketones (excluding diaryl/α,β-unsaturated/α-hetero) is 1. The maximum Gasteiger partial charge on any atom is 0.269 e. The van der Waals surface area contributed by atoms with E-state index in [0.29, 0.717) is 16.8 Å². The molecule has 1 heterocycles. The minimum absolute atomic E-state index is 0.0156. The number of anilines is 1. The first kappa shape index (κ1) is 18.7. The molecule has 27 heavy (non-hydrogen) atoms. The number of hydrogen-bond donors (Lipinski definition) is 1. The van der Waals surface area contributed by atoms with Crippen LogP contribution >= 0.6 is 0 Å². The zero-order chi connectivity index (χ0) is 19.4. The van der Waals surface area contributed by atoms with Crippen LogP contribution in [-0.4, -0.2) is 41.7 Å². The second kappa shape index (κ2) is 8.09. The van der Waals surface area contributed by atoms with Crippen LogP contribution in [0.15, 0.2) is 48.5 Å². The van der Waals surface area contributed by atoms with Gasteiger partial charge in [0.05, 0.1) is 4.92 Å². The lowest BCUT2D eigenvalue weighted by atomic mass is 9.89. The van der Waals surface area contributed by atoms with E-state index >= 15 is 0 Å². The monoisotopic (exact) mass is 367 g/mol. The maximum absolute atomic E-state index is 12.7. The van der Waals surface area contributed by atoms with Crippen molar-refractivity contribution < 1.29 is 14.5 Å². The number of hydrogen-bond acceptors (Lipinski definition) is 5. The highest BCUT2D eigenvalue weighted by molar-refractivity contribution is 6.05. The molecular formula is C20H21N3O4. The van der Waals surface area contributed by atoms with Gasteiger partial charge in [0.25, 0.3) is 11.6 Å². The van der Waals surface area contributed by atoms with Gasteiger partial charge in [0, 0.05) is 34.9 Å². The van der Waals surface area contributed by atoms with Gasteiger partial charge in [-0.1, -0.05) is 12.1 Å². The highest BCUT2D eigenvalue weighted by Crippen LogP contribution is 2.23. The summed E-state index contributed by atoms with van der Waals surface area (Å²) in [7, 11) is 2.05. The van der Waals surface area contributed by atoms with Crippen molar-refractivity contribution in [2.45, 2.75) is 12.8 Å². The number of nitro groups is 1. The summed E-state index contributed by atoms with van der Waals surface area (Å²) in [5.41, 5.74) is 1.35. The average molecular weight is 367 g/mol. The van der Waals surface area contributed by atoms with Crippen molar-refractivity contribution in [1.82, 2.24) is 4.90 Å². The number of nitrogens with zero attached hydrogens (tertiary/aromatic N) is 2. The topological polar surface area (TPSA) is 92.6 Å². The fourth-order valence-electron chi connectivity index (χ4n) is 3.19. The van der Waals surface area contributed by atoms with Gasteiger partial charge in [-0.2, -0.15) is 0 Å². The fraction of sp³-hybridized carbons (Fsp3) is 0.300. The van der Waals surface area contributed by atoms with Crippen molar-refractivity contribution >= 4 is 23.1 Å². The largest absolute Gasteiger partial charge is 0.322 e. The molecule has 0 aliphatic carbocycles. The van der Waals surface area contributed by atoms with Gasteiger partial charge < -0.3 is 10.2 Å². The zero-order valence-corrected chi connectivity index (χ0v) is 15.1. The van der Waals surface area contributed by atoms with Crippen molar-refractivity contribution in [3.8, 4) is 0 Å². The van der Waals surface area contributed by atoms with E-state index in [1.165, 1.54) is 24.3 Å². The summed E-state index contributed by atoms with van der Waals surface area (Å²) in [6.45, 7) is 1.82. The van der Waals surface area contributed by atoms with E-state index in [1.807, 2.05) is 0 Å². The molecule has 0 atom stereocenters. The Hall–Kier alpha value is -3.06. The van der Waals surface area contributed by atoms with E-state index in [9.17, 15) is 19.7 Å². The predicted molar refractivity (Wildman–Crippen MR) is 102 cm³/mol. The molecule has 0 spiro atoms. The van der Waals surface area contributed by atoms with Crippen LogP contribution in [0.3, 0.4) is 0 Å². The molecule has 0 radical (unpaired) electrons. The van der Waals surface area contributed by atoms with Crippen LogP contribution < -0.4 is 5.32 Å². The summed E-state index contributed by atoms with van der Waals surface area (Å²) in [5, 5.41) is 13.4. The van der Waals surface area contributed by atoms with Gasteiger partial charge in [0.2, 0.25) is 0 Å².